The first-order valence-electron chi connectivity index (χ1n) is 11.2. The molecule has 0 bridgehead atoms. The summed E-state index contributed by atoms with van der Waals surface area (Å²) in [5, 5.41) is 7.75. The van der Waals surface area contributed by atoms with Crippen LogP contribution in [0.1, 0.15) is 93.4 Å². The molecule has 0 spiro atoms. The minimum atomic E-state index is -0.576. The zero-order valence-electron chi connectivity index (χ0n) is 20.2. The molecule has 0 radical (unpaired) electrons. The minimum Gasteiger partial charge on any atom is -0.352 e. The molecule has 0 rings (SSSR count). The molecule has 8 heteroatoms. The summed E-state index contributed by atoms with van der Waals surface area (Å²) in [6, 6.07) is -1.02. The number of nitrogens with two attached hydrogens (primary N) is 1. The second kappa shape index (κ2) is 23.2. The smallest absolute Gasteiger partial charge is 0.312 e. The number of nitrogens with one attached hydrogen (secondary N) is 3. The van der Waals surface area contributed by atoms with Crippen LogP contribution in [0.2, 0.25) is 0 Å². The summed E-state index contributed by atoms with van der Waals surface area (Å²) in [6.07, 6.45) is 6.81. The third-order valence-electron chi connectivity index (χ3n) is 3.83. The maximum absolute atomic E-state index is 12.0. The summed E-state index contributed by atoms with van der Waals surface area (Å²) >= 11 is 0. The molecule has 178 valence electrons. The predicted octanol–water partition coefficient (Wildman–Crippen LogP) is 3.28. The van der Waals surface area contributed by atoms with Crippen LogP contribution in [0.3, 0.4) is 0 Å². The molecular weight excluding hydrogens is 384 g/mol. The SMILES string of the molecule is CC.CCCCCCCC(=O)NC(C(=O)NCC(C)=O)C(C)C.CCCNC(N)=O. The number of carbonyl (C=O) groups excluding carboxylic acids is 4. The number of urea groups is 1. The number of primary amides is 1. The fourth-order valence-electron chi connectivity index (χ4n) is 2.24. The molecule has 0 aliphatic carbocycles. The zero-order valence-corrected chi connectivity index (χ0v) is 20.2. The van der Waals surface area contributed by atoms with Gasteiger partial charge in [-0.1, -0.05) is 67.2 Å². The van der Waals surface area contributed by atoms with E-state index in [2.05, 4.69) is 22.9 Å². The largest absolute Gasteiger partial charge is 0.352 e. The van der Waals surface area contributed by atoms with E-state index >= 15 is 0 Å². The molecule has 0 fully saturated rings. The number of hydrogen-bond acceptors (Lipinski definition) is 4. The van der Waals surface area contributed by atoms with Gasteiger partial charge in [0.15, 0.2) is 0 Å². The Balaban J connectivity index is -0.000000680. The maximum Gasteiger partial charge on any atom is 0.312 e. The van der Waals surface area contributed by atoms with Crippen molar-refractivity contribution in [2.75, 3.05) is 13.1 Å². The number of Topliss-reactive ketones (excluding diaryl/α,β-unsaturated/α-hetero) is 1. The Bertz CT molecular complexity index is 468. The van der Waals surface area contributed by atoms with Crippen LogP contribution in [0.15, 0.2) is 0 Å². The van der Waals surface area contributed by atoms with Crippen molar-refractivity contribution in [1.82, 2.24) is 16.0 Å². The Morgan fingerprint density at radius 3 is 1.83 bits per heavy atom. The molecule has 1 atom stereocenters. The third kappa shape index (κ3) is 23.9. The first-order valence-corrected chi connectivity index (χ1v) is 11.2. The average molecular weight is 431 g/mol. The number of hydrogen-bond donors (Lipinski definition) is 4. The zero-order chi connectivity index (χ0) is 23.9. The number of carbonyl (C=O) groups is 4. The first kappa shape index (κ1) is 32.5. The molecule has 4 amide bonds. The van der Waals surface area contributed by atoms with Gasteiger partial charge < -0.3 is 21.7 Å². The van der Waals surface area contributed by atoms with Crippen LogP contribution in [-0.4, -0.2) is 42.8 Å². The third-order valence-corrected chi connectivity index (χ3v) is 3.83. The van der Waals surface area contributed by atoms with Crippen molar-refractivity contribution in [3.63, 3.8) is 0 Å². The molecule has 0 aliphatic heterocycles. The quantitative estimate of drug-likeness (QED) is 0.334. The van der Waals surface area contributed by atoms with E-state index in [-0.39, 0.29) is 30.1 Å². The predicted molar refractivity (Wildman–Crippen MR) is 123 cm³/mol. The van der Waals surface area contributed by atoms with Crippen LogP contribution in [0, 0.1) is 5.92 Å². The molecule has 0 saturated heterocycles. The van der Waals surface area contributed by atoms with E-state index in [4.69, 9.17) is 5.73 Å². The highest BCUT2D eigenvalue weighted by Gasteiger charge is 2.23. The lowest BCUT2D eigenvalue weighted by atomic mass is 10.0. The summed E-state index contributed by atoms with van der Waals surface area (Å²) in [7, 11) is 0. The molecule has 0 aromatic carbocycles. The Morgan fingerprint density at radius 2 is 1.43 bits per heavy atom. The van der Waals surface area contributed by atoms with Gasteiger partial charge in [-0.15, -0.1) is 0 Å². The van der Waals surface area contributed by atoms with Gasteiger partial charge in [-0.05, 0) is 25.7 Å². The van der Waals surface area contributed by atoms with Gasteiger partial charge in [0.2, 0.25) is 11.8 Å². The standard InChI is InChI=1S/C16H30N2O3.C4H10N2O.C2H6/c1-5-6-7-8-9-10-14(20)18-15(12(2)3)16(21)17-11-13(4)19;1-2-3-6-4(5)7;1-2/h12,15H,5-11H2,1-4H3,(H,17,21)(H,18,20);2-3H2,1H3,(H3,5,6,7);1-2H3. The highest BCUT2D eigenvalue weighted by atomic mass is 16.2. The Kier molecular flexibility index (Phi) is 25.1. The molecule has 0 aliphatic rings. The van der Waals surface area contributed by atoms with Crippen LogP contribution in [0.4, 0.5) is 4.79 Å². The lowest BCUT2D eigenvalue weighted by Gasteiger charge is -2.21. The van der Waals surface area contributed by atoms with Crippen molar-refractivity contribution in [3.8, 4) is 0 Å². The fraction of sp³-hybridized carbons (Fsp3) is 0.818. The fourth-order valence-corrected chi connectivity index (χ4v) is 2.24. The van der Waals surface area contributed by atoms with Crippen molar-refractivity contribution < 1.29 is 19.2 Å². The molecule has 0 saturated carbocycles. The van der Waals surface area contributed by atoms with E-state index in [0.717, 1.165) is 25.7 Å². The summed E-state index contributed by atoms with van der Waals surface area (Å²) in [4.78, 5) is 44.6. The molecule has 5 N–H and O–H groups in total. The molecule has 0 aromatic heterocycles. The Labute approximate surface area is 183 Å². The highest BCUT2D eigenvalue weighted by molar-refractivity contribution is 5.90. The van der Waals surface area contributed by atoms with Crippen LogP contribution in [0.25, 0.3) is 0 Å². The first-order chi connectivity index (χ1) is 14.1. The van der Waals surface area contributed by atoms with E-state index < -0.39 is 12.1 Å². The van der Waals surface area contributed by atoms with Crippen LogP contribution >= 0.6 is 0 Å². The van der Waals surface area contributed by atoms with Gasteiger partial charge in [0.05, 0.1) is 6.54 Å². The molecule has 1 unspecified atom stereocenters. The summed E-state index contributed by atoms with van der Waals surface area (Å²) in [6.45, 7) is 14.0. The van der Waals surface area contributed by atoms with Gasteiger partial charge >= 0.3 is 6.03 Å². The van der Waals surface area contributed by atoms with Crippen molar-refractivity contribution in [2.24, 2.45) is 11.7 Å². The molecule has 30 heavy (non-hydrogen) atoms. The number of amides is 4. The summed E-state index contributed by atoms with van der Waals surface area (Å²) in [5.74, 6) is -0.503. The van der Waals surface area contributed by atoms with Crippen LogP contribution in [-0.2, 0) is 14.4 Å². The van der Waals surface area contributed by atoms with E-state index in [0.29, 0.717) is 13.0 Å². The Hall–Kier alpha value is -2.12. The van der Waals surface area contributed by atoms with Gasteiger partial charge in [-0.2, -0.15) is 0 Å². The molecule has 8 nitrogen and oxygen atoms in total. The Morgan fingerprint density at radius 1 is 0.867 bits per heavy atom. The number of ketones is 1. The topological polar surface area (TPSA) is 130 Å². The molecular formula is C22H46N4O4. The second-order valence-corrected chi connectivity index (χ2v) is 7.16. The van der Waals surface area contributed by atoms with Crippen molar-refractivity contribution in [3.05, 3.63) is 0 Å². The lowest BCUT2D eigenvalue weighted by molar-refractivity contribution is -0.131. The average Bonchev–Trinajstić information content (AvgIpc) is 2.70. The van der Waals surface area contributed by atoms with Gasteiger partial charge in [-0.25, -0.2) is 4.79 Å². The summed E-state index contributed by atoms with van der Waals surface area (Å²) < 4.78 is 0. The van der Waals surface area contributed by atoms with E-state index in [1.54, 1.807) is 0 Å². The van der Waals surface area contributed by atoms with Gasteiger partial charge in [0.1, 0.15) is 11.8 Å². The normalized spacial score (nSPS) is 10.5. The van der Waals surface area contributed by atoms with E-state index in [1.165, 1.54) is 19.8 Å². The van der Waals surface area contributed by atoms with Crippen LogP contribution in [0.5, 0.6) is 0 Å². The summed E-state index contributed by atoms with van der Waals surface area (Å²) in [5.41, 5.74) is 4.73. The van der Waals surface area contributed by atoms with Crippen LogP contribution < -0.4 is 21.7 Å². The lowest BCUT2D eigenvalue weighted by Crippen LogP contribution is -2.50. The van der Waals surface area contributed by atoms with E-state index in [1.807, 2.05) is 34.6 Å². The number of rotatable bonds is 13. The number of unbranched alkanes of at least 4 members (excludes halogenated alkanes) is 4. The minimum absolute atomic E-state index is 0.00887. The van der Waals surface area contributed by atoms with Crippen molar-refractivity contribution >= 4 is 23.6 Å². The van der Waals surface area contributed by atoms with Crippen molar-refractivity contribution in [1.29, 1.82) is 0 Å². The van der Waals surface area contributed by atoms with Gasteiger partial charge in [0.25, 0.3) is 0 Å². The second-order valence-electron chi connectivity index (χ2n) is 7.16. The van der Waals surface area contributed by atoms with Gasteiger partial charge in [-0.3, -0.25) is 14.4 Å². The highest BCUT2D eigenvalue weighted by Crippen LogP contribution is 2.07. The maximum atomic E-state index is 12.0. The molecule has 0 heterocycles. The molecule has 0 aromatic rings. The monoisotopic (exact) mass is 430 g/mol. The van der Waals surface area contributed by atoms with Crippen molar-refractivity contribution in [2.45, 2.75) is 99.5 Å². The van der Waals surface area contributed by atoms with E-state index in [9.17, 15) is 19.2 Å². The van der Waals surface area contributed by atoms with Gasteiger partial charge in [0, 0.05) is 13.0 Å².